The van der Waals surface area contributed by atoms with Crippen molar-refractivity contribution in [3.63, 3.8) is 0 Å². The molecule has 0 aliphatic rings. The van der Waals surface area contributed by atoms with Crippen LogP contribution in [0.5, 0.6) is 0 Å². The SMILES string of the molecule is CCC(CC)NCC(O)Cn1nc(C)c([N+](=O)[O-])c1C. The maximum absolute atomic E-state index is 10.9. The predicted molar refractivity (Wildman–Crippen MR) is 76.7 cm³/mol. The van der Waals surface area contributed by atoms with Gasteiger partial charge in [0.15, 0.2) is 0 Å². The number of nitrogens with zero attached hydrogens (tertiary/aromatic N) is 3. The Bertz CT molecular complexity index is 455. The Morgan fingerprint density at radius 3 is 2.45 bits per heavy atom. The van der Waals surface area contributed by atoms with E-state index >= 15 is 0 Å². The Hall–Kier alpha value is -1.47. The first-order chi connectivity index (χ1) is 9.40. The Kier molecular flexibility index (Phi) is 6.09. The molecule has 1 rings (SSSR count). The van der Waals surface area contributed by atoms with E-state index in [0.717, 1.165) is 12.8 Å². The lowest BCUT2D eigenvalue weighted by Crippen LogP contribution is -2.37. The molecule has 0 radical (unpaired) electrons. The Labute approximate surface area is 119 Å². The van der Waals surface area contributed by atoms with Gasteiger partial charge in [-0.25, -0.2) is 0 Å². The van der Waals surface area contributed by atoms with Crippen LogP contribution in [0.2, 0.25) is 0 Å². The molecule has 1 aromatic heterocycles. The third-order valence-electron chi connectivity index (χ3n) is 3.54. The van der Waals surface area contributed by atoms with Crippen LogP contribution < -0.4 is 5.32 Å². The largest absolute Gasteiger partial charge is 0.390 e. The van der Waals surface area contributed by atoms with Gasteiger partial charge in [0.2, 0.25) is 0 Å². The van der Waals surface area contributed by atoms with E-state index in [1.807, 2.05) is 0 Å². The van der Waals surface area contributed by atoms with Gasteiger partial charge in [0.25, 0.3) is 0 Å². The highest BCUT2D eigenvalue weighted by atomic mass is 16.6. The number of nitrogens with one attached hydrogen (secondary N) is 1. The smallest absolute Gasteiger partial charge is 0.312 e. The summed E-state index contributed by atoms with van der Waals surface area (Å²) in [6.45, 7) is 8.16. The molecule has 0 aliphatic heterocycles. The fraction of sp³-hybridized carbons (Fsp3) is 0.769. The van der Waals surface area contributed by atoms with E-state index in [9.17, 15) is 15.2 Å². The molecule has 0 fully saturated rings. The molecule has 0 amide bonds. The van der Waals surface area contributed by atoms with E-state index in [4.69, 9.17) is 0 Å². The number of hydrogen-bond donors (Lipinski definition) is 2. The minimum absolute atomic E-state index is 0.0325. The number of hydrogen-bond acceptors (Lipinski definition) is 5. The molecule has 0 saturated carbocycles. The topological polar surface area (TPSA) is 93.2 Å². The van der Waals surface area contributed by atoms with Crippen LogP contribution in [0.25, 0.3) is 0 Å². The van der Waals surface area contributed by atoms with Crippen molar-refractivity contribution < 1.29 is 10.0 Å². The fourth-order valence-electron chi connectivity index (χ4n) is 2.27. The van der Waals surface area contributed by atoms with Crippen LogP contribution in [0, 0.1) is 24.0 Å². The van der Waals surface area contributed by atoms with Crippen molar-refractivity contribution in [2.45, 2.75) is 59.2 Å². The molecule has 1 heterocycles. The molecule has 1 unspecified atom stereocenters. The average Bonchev–Trinajstić information content (AvgIpc) is 2.65. The summed E-state index contributed by atoms with van der Waals surface area (Å²) in [6.07, 6.45) is 1.40. The van der Waals surface area contributed by atoms with Crippen LogP contribution in [0.15, 0.2) is 0 Å². The fourth-order valence-corrected chi connectivity index (χ4v) is 2.27. The van der Waals surface area contributed by atoms with Crippen molar-refractivity contribution in [1.29, 1.82) is 0 Å². The van der Waals surface area contributed by atoms with Gasteiger partial charge in [0.05, 0.1) is 17.6 Å². The van der Waals surface area contributed by atoms with Crippen molar-refractivity contribution in [2.75, 3.05) is 6.54 Å². The quantitative estimate of drug-likeness (QED) is 0.558. The zero-order valence-electron chi connectivity index (χ0n) is 12.6. The average molecular weight is 284 g/mol. The molecule has 1 atom stereocenters. The maximum atomic E-state index is 10.9. The first kappa shape index (κ1) is 16.6. The van der Waals surface area contributed by atoms with Gasteiger partial charge in [0, 0.05) is 12.6 Å². The van der Waals surface area contributed by atoms with Crippen molar-refractivity contribution >= 4 is 5.69 Å². The lowest BCUT2D eigenvalue weighted by atomic mass is 10.1. The summed E-state index contributed by atoms with van der Waals surface area (Å²) in [5.74, 6) is 0. The first-order valence-electron chi connectivity index (χ1n) is 7.00. The molecule has 0 saturated heterocycles. The molecule has 7 heteroatoms. The number of aliphatic hydroxyl groups is 1. The minimum Gasteiger partial charge on any atom is -0.390 e. The Balaban J connectivity index is 2.65. The van der Waals surface area contributed by atoms with Crippen LogP contribution >= 0.6 is 0 Å². The van der Waals surface area contributed by atoms with Gasteiger partial charge >= 0.3 is 5.69 Å². The van der Waals surface area contributed by atoms with Gasteiger partial charge in [-0.2, -0.15) is 5.10 Å². The summed E-state index contributed by atoms with van der Waals surface area (Å²) in [5, 5.41) is 28.3. The van der Waals surface area contributed by atoms with Gasteiger partial charge in [-0.3, -0.25) is 14.8 Å². The van der Waals surface area contributed by atoms with E-state index in [-0.39, 0.29) is 12.2 Å². The molecule has 0 spiro atoms. The lowest BCUT2D eigenvalue weighted by molar-refractivity contribution is -0.386. The Morgan fingerprint density at radius 2 is 2.00 bits per heavy atom. The number of aromatic nitrogens is 2. The van der Waals surface area contributed by atoms with Crippen LogP contribution in [0.3, 0.4) is 0 Å². The zero-order valence-corrected chi connectivity index (χ0v) is 12.6. The number of aliphatic hydroxyl groups excluding tert-OH is 1. The van der Waals surface area contributed by atoms with E-state index in [2.05, 4.69) is 24.3 Å². The molecule has 0 aromatic carbocycles. The molecular formula is C13H24N4O3. The highest BCUT2D eigenvalue weighted by Gasteiger charge is 2.22. The summed E-state index contributed by atoms with van der Waals surface area (Å²) in [5.41, 5.74) is 0.895. The van der Waals surface area contributed by atoms with Gasteiger partial charge in [0.1, 0.15) is 11.4 Å². The third kappa shape index (κ3) is 4.01. The van der Waals surface area contributed by atoms with E-state index in [1.54, 1.807) is 13.8 Å². The predicted octanol–water partition coefficient (Wildman–Crippen LogP) is 1.55. The molecule has 1 aromatic rings. The Morgan fingerprint density at radius 1 is 1.40 bits per heavy atom. The van der Waals surface area contributed by atoms with Crippen molar-refractivity contribution in [3.05, 3.63) is 21.5 Å². The highest BCUT2D eigenvalue weighted by Crippen LogP contribution is 2.21. The second-order valence-corrected chi connectivity index (χ2v) is 5.03. The van der Waals surface area contributed by atoms with Crippen LogP contribution in [0.1, 0.15) is 38.1 Å². The van der Waals surface area contributed by atoms with Gasteiger partial charge in [-0.1, -0.05) is 13.8 Å². The van der Waals surface area contributed by atoms with Gasteiger partial charge in [-0.15, -0.1) is 0 Å². The molecule has 20 heavy (non-hydrogen) atoms. The summed E-state index contributed by atoms with van der Waals surface area (Å²) in [4.78, 5) is 10.5. The van der Waals surface area contributed by atoms with E-state index in [1.165, 1.54) is 4.68 Å². The van der Waals surface area contributed by atoms with E-state index < -0.39 is 11.0 Å². The molecular weight excluding hydrogens is 260 g/mol. The maximum Gasteiger partial charge on any atom is 0.312 e. The van der Waals surface area contributed by atoms with Crippen LogP contribution in [-0.4, -0.2) is 38.5 Å². The van der Waals surface area contributed by atoms with Gasteiger partial charge < -0.3 is 10.4 Å². The summed E-state index contributed by atoms with van der Waals surface area (Å²) >= 11 is 0. The second-order valence-electron chi connectivity index (χ2n) is 5.03. The van der Waals surface area contributed by atoms with Crippen LogP contribution in [-0.2, 0) is 6.54 Å². The monoisotopic (exact) mass is 284 g/mol. The normalized spacial score (nSPS) is 12.9. The van der Waals surface area contributed by atoms with Crippen molar-refractivity contribution in [2.24, 2.45) is 0 Å². The molecule has 0 aliphatic carbocycles. The van der Waals surface area contributed by atoms with Crippen molar-refractivity contribution in [3.8, 4) is 0 Å². The highest BCUT2D eigenvalue weighted by molar-refractivity contribution is 5.39. The minimum atomic E-state index is -0.617. The molecule has 7 nitrogen and oxygen atoms in total. The summed E-state index contributed by atoms with van der Waals surface area (Å²) in [6, 6.07) is 0.388. The lowest BCUT2D eigenvalue weighted by Gasteiger charge is -2.18. The number of rotatable bonds is 8. The third-order valence-corrected chi connectivity index (χ3v) is 3.54. The number of aryl methyl sites for hydroxylation is 1. The first-order valence-corrected chi connectivity index (χ1v) is 7.00. The summed E-state index contributed by atoms with van der Waals surface area (Å²) < 4.78 is 1.51. The molecule has 2 N–H and O–H groups in total. The van der Waals surface area contributed by atoms with E-state index in [0.29, 0.717) is 24.0 Å². The van der Waals surface area contributed by atoms with Crippen LogP contribution in [0.4, 0.5) is 5.69 Å². The number of nitro groups is 1. The zero-order chi connectivity index (χ0) is 15.3. The van der Waals surface area contributed by atoms with Crippen molar-refractivity contribution in [1.82, 2.24) is 15.1 Å². The van der Waals surface area contributed by atoms with Gasteiger partial charge in [-0.05, 0) is 26.7 Å². The standard InChI is InChI=1S/C13H24N4O3/c1-5-11(6-2)14-7-12(18)8-16-10(4)13(17(19)20)9(3)15-16/h11-12,14,18H,5-8H2,1-4H3. The second kappa shape index (κ2) is 7.35. The molecule has 114 valence electrons. The molecule has 0 bridgehead atoms. The summed E-state index contributed by atoms with van der Waals surface area (Å²) in [7, 11) is 0.